The van der Waals surface area contributed by atoms with Crippen molar-refractivity contribution in [2.75, 3.05) is 13.1 Å². The quantitative estimate of drug-likeness (QED) is 0.840. The smallest absolute Gasteiger partial charge is 0.242 e. The van der Waals surface area contributed by atoms with E-state index in [2.05, 4.69) is 16.8 Å². The summed E-state index contributed by atoms with van der Waals surface area (Å²) >= 11 is 1.73. The third kappa shape index (κ3) is 3.22. The number of nitrogens with zero attached hydrogens (tertiary/aromatic N) is 1. The van der Waals surface area contributed by atoms with Gasteiger partial charge < -0.3 is 10.2 Å². The van der Waals surface area contributed by atoms with Crippen LogP contribution in [0.1, 0.15) is 56.2 Å². The normalized spacial score (nSPS) is 37.0. The number of hydrogen-bond donors (Lipinski definition) is 1. The summed E-state index contributed by atoms with van der Waals surface area (Å²) in [7, 11) is 0. The van der Waals surface area contributed by atoms with E-state index in [9.17, 15) is 9.59 Å². The third-order valence-corrected chi connectivity index (χ3v) is 8.50. The largest absolute Gasteiger partial charge is 0.354 e. The summed E-state index contributed by atoms with van der Waals surface area (Å²) in [4.78, 5) is 29.7. The van der Waals surface area contributed by atoms with Crippen molar-refractivity contribution >= 4 is 23.2 Å². The van der Waals surface area contributed by atoms with Crippen molar-refractivity contribution in [2.24, 2.45) is 23.2 Å². The van der Waals surface area contributed by atoms with Crippen LogP contribution in [0.15, 0.2) is 17.5 Å². The lowest BCUT2D eigenvalue weighted by Gasteiger charge is -2.56. The average molecular weight is 387 g/mol. The second-order valence-corrected chi connectivity index (χ2v) is 10.5. The molecule has 1 aliphatic heterocycles. The molecule has 2 heterocycles. The Labute approximate surface area is 165 Å². The van der Waals surface area contributed by atoms with E-state index in [0.29, 0.717) is 12.5 Å². The molecule has 4 nitrogen and oxygen atoms in total. The Balaban J connectivity index is 1.24. The van der Waals surface area contributed by atoms with E-state index < -0.39 is 0 Å². The van der Waals surface area contributed by atoms with Crippen molar-refractivity contribution < 1.29 is 9.59 Å². The molecule has 146 valence electrons. The number of hydrogen-bond acceptors (Lipinski definition) is 3. The van der Waals surface area contributed by atoms with Gasteiger partial charge in [0.1, 0.15) is 6.04 Å². The van der Waals surface area contributed by atoms with E-state index in [-0.39, 0.29) is 17.4 Å². The second kappa shape index (κ2) is 6.91. The van der Waals surface area contributed by atoms with Crippen LogP contribution in [0.3, 0.4) is 0 Å². The molecule has 6 rings (SSSR count). The Hall–Kier alpha value is -1.36. The zero-order chi connectivity index (χ0) is 18.4. The molecule has 4 bridgehead atoms. The Morgan fingerprint density at radius 1 is 1.15 bits per heavy atom. The Kier molecular flexibility index (Phi) is 4.53. The van der Waals surface area contributed by atoms with Crippen LogP contribution in [0.25, 0.3) is 0 Å². The highest BCUT2D eigenvalue weighted by atomic mass is 32.1. The maximum atomic E-state index is 13.6. The van der Waals surface area contributed by atoms with E-state index >= 15 is 0 Å². The van der Waals surface area contributed by atoms with Crippen LogP contribution in [0.5, 0.6) is 0 Å². The van der Waals surface area contributed by atoms with Crippen LogP contribution >= 0.6 is 11.3 Å². The molecule has 0 aromatic carbocycles. The molecule has 1 N–H and O–H groups in total. The van der Waals surface area contributed by atoms with Gasteiger partial charge in [-0.25, -0.2) is 0 Å². The van der Waals surface area contributed by atoms with E-state index in [1.54, 1.807) is 11.3 Å². The number of carbonyl (C=O) groups excluding carboxylic acids is 2. The van der Waals surface area contributed by atoms with Gasteiger partial charge in [0.25, 0.3) is 0 Å². The fourth-order valence-electron chi connectivity index (χ4n) is 6.84. The second-order valence-electron chi connectivity index (χ2n) is 9.47. The molecule has 2 amide bonds. The molecule has 5 fully saturated rings. The van der Waals surface area contributed by atoms with Crippen LogP contribution in [0.4, 0.5) is 0 Å². The minimum Gasteiger partial charge on any atom is -0.354 e. The van der Waals surface area contributed by atoms with Crippen molar-refractivity contribution in [2.45, 2.75) is 63.8 Å². The number of amides is 2. The van der Waals surface area contributed by atoms with Crippen molar-refractivity contribution in [3.05, 3.63) is 22.4 Å². The molecular formula is C22H30N2O2S. The first-order valence-corrected chi connectivity index (χ1v) is 11.6. The molecule has 1 unspecified atom stereocenters. The molecule has 1 atom stereocenters. The maximum absolute atomic E-state index is 13.6. The fraction of sp³-hybridized carbons (Fsp3) is 0.727. The summed E-state index contributed by atoms with van der Waals surface area (Å²) in [5, 5.41) is 5.16. The van der Waals surface area contributed by atoms with E-state index in [1.165, 1.54) is 24.1 Å². The van der Waals surface area contributed by atoms with Crippen LogP contribution < -0.4 is 5.32 Å². The Bertz CT molecular complexity index is 679. The van der Waals surface area contributed by atoms with Crippen molar-refractivity contribution in [1.82, 2.24) is 10.2 Å². The fourth-order valence-corrected chi connectivity index (χ4v) is 7.55. The molecule has 1 aromatic heterocycles. The molecule has 4 saturated carbocycles. The van der Waals surface area contributed by atoms with E-state index in [4.69, 9.17) is 0 Å². The van der Waals surface area contributed by atoms with Crippen molar-refractivity contribution in [3.8, 4) is 0 Å². The summed E-state index contributed by atoms with van der Waals surface area (Å²) in [6.45, 7) is 1.43. The summed E-state index contributed by atoms with van der Waals surface area (Å²) in [6.07, 6.45) is 9.95. The lowest BCUT2D eigenvalue weighted by molar-refractivity contribution is -0.160. The molecule has 1 aromatic rings. The van der Waals surface area contributed by atoms with Gasteiger partial charge in [0.2, 0.25) is 11.8 Å². The number of nitrogens with one attached hydrogen (secondary N) is 1. The number of thiophene rings is 1. The number of likely N-dealkylation sites (tertiary alicyclic amines) is 1. The molecule has 27 heavy (non-hydrogen) atoms. The standard InChI is InChI=1S/C22H30N2O2S/c25-20(23-6-5-18-3-2-8-27-18)19-4-1-7-24(19)21(26)22-12-15-9-16(13-22)11-17(10-15)14-22/h2-3,8,15-17,19H,1,4-7,9-14H2,(H,23,25). The van der Waals surface area contributed by atoms with Gasteiger partial charge in [0, 0.05) is 18.0 Å². The van der Waals surface area contributed by atoms with Gasteiger partial charge in [-0.1, -0.05) is 6.07 Å². The van der Waals surface area contributed by atoms with Gasteiger partial charge in [-0.3, -0.25) is 9.59 Å². The Morgan fingerprint density at radius 3 is 2.48 bits per heavy atom. The van der Waals surface area contributed by atoms with Crippen LogP contribution in [0.2, 0.25) is 0 Å². The molecule has 1 saturated heterocycles. The highest BCUT2D eigenvalue weighted by Crippen LogP contribution is 2.60. The van der Waals surface area contributed by atoms with Gasteiger partial charge in [-0.05, 0) is 87.0 Å². The predicted octanol–water partition coefficient (Wildman–Crippen LogP) is 3.61. The summed E-state index contributed by atoms with van der Waals surface area (Å²) in [5.41, 5.74) is -0.130. The van der Waals surface area contributed by atoms with Gasteiger partial charge in [-0.15, -0.1) is 11.3 Å². The average Bonchev–Trinajstić information content (AvgIpc) is 3.31. The van der Waals surface area contributed by atoms with Crippen LogP contribution in [-0.2, 0) is 16.0 Å². The monoisotopic (exact) mass is 386 g/mol. The molecule has 5 heteroatoms. The molecule has 4 aliphatic carbocycles. The SMILES string of the molecule is O=C(NCCc1cccs1)C1CCCN1C(=O)C12CC3CC(CC(C3)C1)C2. The predicted molar refractivity (Wildman–Crippen MR) is 106 cm³/mol. The highest BCUT2D eigenvalue weighted by Gasteiger charge is 2.56. The zero-order valence-corrected chi connectivity index (χ0v) is 16.8. The summed E-state index contributed by atoms with van der Waals surface area (Å²) in [6, 6.07) is 3.91. The summed E-state index contributed by atoms with van der Waals surface area (Å²) < 4.78 is 0. The molecule has 0 radical (unpaired) electrons. The lowest BCUT2D eigenvalue weighted by atomic mass is 9.49. The topological polar surface area (TPSA) is 49.4 Å². The first-order valence-electron chi connectivity index (χ1n) is 10.7. The van der Waals surface area contributed by atoms with Crippen LogP contribution in [0, 0.1) is 23.2 Å². The molecule has 0 spiro atoms. The van der Waals surface area contributed by atoms with E-state index in [1.807, 2.05) is 11.0 Å². The zero-order valence-electron chi connectivity index (χ0n) is 16.0. The van der Waals surface area contributed by atoms with Gasteiger partial charge in [-0.2, -0.15) is 0 Å². The third-order valence-electron chi connectivity index (χ3n) is 7.56. The minimum atomic E-state index is -0.242. The number of rotatable bonds is 5. The maximum Gasteiger partial charge on any atom is 0.242 e. The van der Waals surface area contributed by atoms with Gasteiger partial charge in [0.15, 0.2) is 0 Å². The van der Waals surface area contributed by atoms with Gasteiger partial charge >= 0.3 is 0 Å². The first-order chi connectivity index (χ1) is 13.1. The van der Waals surface area contributed by atoms with E-state index in [0.717, 1.165) is 62.8 Å². The van der Waals surface area contributed by atoms with Gasteiger partial charge in [0.05, 0.1) is 5.41 Å². The van der Waals surface area contributed by atoms with Crippen LogP contribution in [-0.4, -0.2) is 35.8 Å². The first kappa shape index (κ1) is 17.7. The van der Waals surface area contributed by atoms with Crippen molar-refractivity contribution in [3.63, 3.8) is 0 Å². The lowest BCUT2D eigenvalue weighted by Crippen LogP contribution is -2.57. The van der Waals surface area contributed by atoms with Crippen molar-refractivity contribution in [1.29, 1.82) is 0 Å². The summed E-state index contributed by atoms with van der Waals surface area (Å²) in [5.74, 6) is 2.67. The molecule has 5 aliphatic rings. The minimum absolute atomic E-state index is 0.0575. The molecular weight excluding hydrogens is 356 g/mol. The highest BCUT2D eigenvalue weighted by molar-refractivity contribution is 7.09. The Morgan fingerprint density at radius 2 is 1.85 bits per heavy atom. The number of carbonyl (C=O) groups is 2.